The van der Waals surface area contributed by atoms with Crippen molar-refractivity contribution in [2.45, 2.75) is 13.8 Å². The number of nitrogen functional groups attached to an aromatic ring is 1. The number of halogens is 1. The van der Waals surface area contributed by atoms with E-state index in [4.69, 9.17) is 5.73 Å². The minimum Gasteiger partial charge on any atom is -0.395 e. The van der Waals surface area contributed by atoms with Crippen LogP contribution in [0.3, 0.4) is 0 Å². The fourth-order valence-electron chi connectivity index (χ4n) is 0.679. The van der Waals surface area contributed by atoms with E-state index in [1.807, 2.05) is 13.8 Å². The van der Waals surface area contributed by atoms with Crippen molar-refractivity contribution in [3.63, 3.8) is 0 Å². The van der Waals surface area contributed by atoms with Crippen LogP contribution < -0.4 is 5.73 Å². The van der Waals surface area contributed by atoms with Crippen molar-refractivity contribution in [1.29, 1.82) is 0 Å². The Morgan fingerprint density at radius 2 is 1.90 bits per heavy atom. The smallest absolute Gasteiger partial charge is 0.128 e. The van der Waals surface area contributed by atoms with Crippen LogP contribution in [-0.4, -0.2) is 9.97 Å². The van der Waals surface area contributed by atoms with Gasteiger partial charge in [-0.15, -0.1) is 0 Å². The molecule has 0 unspecified atom stereocenters. The molecule has 1 rings (SSSR count). The van der Waals surface area contributed by atoms with Crippen molar-refractivity contribution in [3.8, 4) is 0 Å². The van der Waals surface area contributed by atoms with Gasteiger partial charge >= 0.3 is 0 Å². The zero-order chi connectivity index (χ0) is 7.72. The normalized spacial score (nSPS) is 9.90. The minimum atomic E-state index is 0.686. The highest BCUT2D eigenvalue weighted by atomic mass is 127. The summed E-state index contributed by atoms with van der Waals surface area (Å²) in [7, 11) is 0. The summed E-state index contributed by atoms with van der Waals surface area (Å²) in [6.07, 6.45) is 0. The molecule has 0 aliphatic rings. The van der Waals surface area contributed by atoms with Gasteiger partial charge in [-0.1, -0.05) is 0 Å². The van der Waals surface area contributed by atoms with Crippen LogP contribution in [0.5, 0.6) is 0 Å². The predicted octanol–water partition coefficient (Wildman–Crippen LogP) is 1.28. The molecular weight excluding hydrogens is 241 g/mol. The zero-order valence-electron chi connectivity index (χ0n) is 5.85. The molecule has 4 heteroatoms. The first-order valence-corrected chi connectivity index (χ1v) is 3.95. The molecule has 0 aliphatic heterocycles. The number of hydrogen-bond donors (Lipinski definition) is 1. The molecule has 0 aliphatic carbocycles. The van der Waals surface area contributed by atoms with Gasteiger partial charge in [-0.2, -0.15) is 0 Å². The summed E-state index contributed by atoms with van der Waals surface area (Å²) in [4.78, 5) is 8.18. The van der Waals surface area contributed by atoms with Gasteiger partial charge in [-0.3, -0.25) is 0 Å². The summed E-state index contributed by atoms with van der Waals surface area (Å²) >= 11 is 2.10. The lowest BCUT2D eigenvalue weighted by molar-refractivity contribution is 0.998. The molecule has 3 nitrogen and oxygen atoms in total. The maximum atomic E-state index is 5.62. The molecule has 0 amide bonds. The van der Waals surface area contributed by atoms with Crippen molar-refractivity contribution in [1.82, 2.24) is 9.97 Å². The van der Waals surface area contributed by atoms with Crippen molar-refractivity contribution >= 4 is 28.3 Å². The second-order valence-electron chi connectivity index (χ2n) is 2.06. The molecule has 0 aromatic carbocycles. The third-order valence-corrected chi connectivity index (χ3v) is 2.02. The number of aromatic nitrogens is 2. The number of hydrogen-bond acceptors (Lipinski definition) is 3. The summed E-state index contributed by atoms with van der Waals surface area (Å²) in [5.74, 6) is 0.774. The topological polar surface area (TPSA) is 51.8 Å². The number of anilines is 1. The molecule has 2 N–H and O–H groups in total. The number of aryl methyl sites for hydroxylation is 2. The Hall–Kier alpha value is -0.390. The third kappa shape index (κ3) is 1.36. The van der Waals surface area contributed by atoms with Crippen LogP contribution in [0.4, 0.5) is 5.69 Å². The van der Waals surface area contributed by atoms with Gasteiger partial charge in [-0.25, -0.2) is 9.97 Å². The lowest BCUT2D eigenvalue weighted by Crippen LogP contribution is -2.01. The van der Waals surface area contributed by atoms with Crippen LogP contribution in [0.15, 0.2) is 0 Å². The Balaban J connectivity index is 3.31. The Kier molecular flexibility index (Phi) is 2.08. The second kappa shape index (κ2) is 2.69. The average Bonchev–Trinajstić information content (AvgIpc) is 1.82. The Morgan fingerprint density at radius 3 is 2.40 bits per heavy atom. The molecule has 10 heavy (non-hydrogen) atoms. The zero-order valence-corrected chi connectivity index (χ0v) is 8.01. The Bertz CT molecular complexity index is 236. The second-order valence-corrected chi connectivity index (χ2v) is 3.08. The molecule has 1 heterocycles. The summed E-state index contributed by atoms with van der Waals surface area (Å²) in [6.45, 7) is 3.74. The fraction of sp³-hybridized carbons (Fsp3) is 0.333. The van der Waals surface area contributed by atoms with E-state index in [0.717, 1.165) is 15.2 Å². The maximum absolute atomic E-state index is 5.62. The fourth-order valence-corrected chi connectivity index (χ4v) is 1.42. The first-order chi connectivity index (χ1) is 4.61. The van der Waals surface area contributed by atoms with Gasteiger partial charge in [0, 0.05) is 0 Å². The lowest BCUT2D eigenvalue weighted by Gasteiger charge is -2.01. The highest BCUT2D eigenvalue weighted by Crippen LogP contribution is 2.14. The first-order valence-electron chi connectivity index (χ1n) is 2.87. The van der Waals surface area contributed by atoms with Crippen LogP contribution in [0.25, 0.3) is 0 Å². The van der Waals surface area contributed by atoms with E-state index in [0.29, 0.717) is 5.69 Å². The number of rotatable bonds is 0. The van der Waals surface area contributed by atoms with Crippen LogP contribution in [0, 0.1) is 17.5 Å². The van der Waals surface area contributed by atoms with Crippen molar-refractivity contribution in [3.05, 3.63) is 15.2 Å². The monoisotopic (exact) mass is 249 g/mol. The summed E-state index contributed by atoms with van der Waals surface area (Å²) in [6, 6.07) is 0. The molecule has 0 saturated heterocycles. The highest BCUT2D eigenvalue weighted by Gasteiger charge is 2.01. The van der Waals surface area contributed by atoms with E-state index in [-0.39, 0.29) is 0 Å². The van der Waals surface area contributed by atoms with Crippen LogP contribution in [0.1, 0.15) is 11.5 Å². The van der Waals surface area contributed by atoms with Gasteiger partial charge < -0.3 is 5.73 Å². The maximum Gasteiger partial charge on any atom is 0.128 e. The highest BCUT2D eigenvalue weighted by molar-refractivity contribution is 14.1. The molecule has 0 atom stereocenters. The molecule has 0 spiro atoms. The van der Waals surface area contributed by atoms with Gasteiger partial charge in [0.2, 0.25) is 0 Å². The van der Waals surface area contributed by atoms with E-state index in [1.54, 1.807) is 0 Å². The van der Waals surface area contributed by atoms with Gasteiger partial charge in [0.15, 0.2) is 0 Å². The summed E-state index contributed by atoms with van der Waals surface area (Å²) in [5.41, 5.74) is 7.16. The van der Waals surface area contributed by atoms with Crippen molar-refractivity contribution in [2.24, 2.45) is 0 Å². The average molecular weight is 249 g/mol. The standard InChI is InChI=1S/C6H8IN3/c1-3-5(8)6(7)10-4(2)9-3/h8H2,1-2H3. The van der Waals surface area contributed by atoms with E-state index in [9.17, 15) is 0 Å². The minimum absolute atomic E-state index is 0.686. The molecule has 1 aromatic rings. The number of nitrogens with zero attached hydrogens (tertiary/aromatic N) is 2. The molecule has 1 aromatic heterocycles. The van der Waals surface area contributed by atoms with Crippen molar-refractivity contribution < 1.29 is 0 Å². The van der Waals surface area contributed by atoms with Crippen LogP contribution >= 0.6 is 22.6 Å². The van der Waals surface area contributed by atoms with Crippen LogP contribution in [-0.2, 0) is 0 Å². The van der Waals surface area contributed by atoms with E-state index >= 15 is 0 Å². The van der Waals surface area contributed by atoms with E-state index in [1.165, 1.54) is 0 Å². The Labute approximate surface area is 73.2 Å². The molecule has 0 bridgehead atoms. The largest absolute Gasteiger partial charge is 0.395 e. The third-order valence-electron chi connectivity index (χ3n) is 1.20. The van der Waals surface area contributed by atoms with Gasteiger partial charge in [0.25, 0.3) is 0 Å². The quantitative estimate of drug-likeness (QED) is 0.556. The molecule has 54 valence electrons. The van der Waals surface area contributed by atoms with Crippen LogP contribution in [0.2, 0.25) is 0 Å². The first kappa shape index (κ1) is 7.71. The van der Waals surface area contributed by atoms with Gasteiger partial charge in [-0.05, 0) is 36.4 Å². The molecule has 0 saturated carbocycles. The Morgan fingerprint density at radius 1 is 1.30 bits per heavy atom. The lowest BCUT2D eigenvalue weighted by atomic mass is 10.4. The van der Waals surface area contributed by atoms with Gasteiger partial charge in [0.1, 0.15) is 9.53 Å². The van der Waals surface area contributed by atoms with Crippen molar-refractivity contribution in [2.75, 3.05) is 5.73 Å². The molecule has 0 fully saturated rings. The molecular formula is C6H8IN3. The molecule has 0 radical (unpaired) electrons. The van der Waals surface area contributed by atoms with E-state index < -0.39 is 0 Å². The predicted molar refractivity (Wildman–Crippen MR) is 48.6 cm³/mol. The van der Waals surface area contributed by atoms with E-state index in [2.05, 4.69) is 32.6 Å². The SMILES string of the molecule is Cc1nc(C)c(N)c(I)n1. The summed E-state index contributed by atoms with van der Waals surface area (Å²) < 4.78 is 0.836. The van der Waals surface area contributed by atoms with Gasteiger partial charge in [0.05, 0.1) is 11.4 Å². The summed E-state index contributed by atoms with van der Waals surface area (Å²) in [5, 5.41) is 0. The number of nitrogens with two attached hydrogens (primary N) is 1.